The van der Waals surface area contributed by atoms with E-state index in [4.69, 9.17) is 5.41 Å². The van der Waals surface area contributed by atoms with Crippen LogP contribution < -0.4 is 10.6 Å². The summed E-state index contributed by atoms with van der Waals surface area (Å²) in [5, 5.41) is 17.3. The molecule has 0 spiro atoms. The normalized spacial score (nSPS) is 11.0. The molecule has 0 aliphatic carbocycles. The summed E-state index contributed by atoms with van der Waals surface area (Å²) in [4.78, 5) is 13.9. The van der Waals surface area contributed by atoms with Gasteiger partial charge in [-0.1, -0.05) is 0 Å². The summed E-state index contributed by atoms with van der Waals surface area (Å²) in [7, 11) is 4.11. The van der Waals surface area contributed by atoms with Gasteiger partial charge in [0.1, 0.15) is 5.01 Å². The van der Waals surface area contributed by atoms with E-state index in [9.17, 15) is 0 Å². The second-order valence-electron chi connectivity index (χ2n) is 5.92. The second-order valence-corrected chi connectivity index (χ2v) is 7.96. The number of H-pyrrole nitrogens is 1. The number of rotatable bonds is 11. The maximum absolute atomic E-state index is 7.84. The molecule has 2 heterocycles. The molecule has 138 valence electrons. The minimum atomic E-state index is 0.393. The smallest absolute Gasteiger partial charge is 0.188 e. The van der Waals surface area contributed by atoms with Crippen molar-refractivity contribution in [2.75, 3.05) is 32.9 Å². The topological polar surface area (TPSA) is 92.7 Å². The maximum atomic E-state index is 7.84. The quantitative estimate of drug-likeness (QED) is 0.270. The number of nitrogens with zero attached hydrogens (tertiary/aromatic N) is 3. The van der Waals surface area contributed by atoms with E-state index in [2.05, 4.69) is 50.0 Å². The van der Waals surface area contributed by atoms with Crippen LogP contribution in [-0.2, 0) is 18.7 Å². The molecule has 0 saturated carbocycles. The van der Waals surface area contributed by atoms with Crippen LogP contribution in [-0.4, -0.2) is 58.7 Å². The van der Waals surface area contributed by atoms with Crippen LogP contribution in [0.2, 0.25) is 0 Å². The molecule has 2 aromatic heterocycles. The van der Waals surface area contributed by atoms with Crippen molar-refractivity contribution >= 4 is 29.1 Å². The van der Waals surface area contributed by atoms with Crippen molar-refractivity contribution in [3.63, 3.8) is 0 Å². The van der Waals surface area contributed by atoms with Crippen LogP contribution in [0.3, 0.4) is 0 Å². The number of aromatic nitrogens is 3. The molecule has 4 N–H and O–H groups in total. The van der Waals surface area contributed by atoms with E-state index in [1.54, 1.807) is 17.7 Å². The molecule has 0 aliphatic heterocycles. The number of thioether (sulfide) groups is 1. The third-order valence-corrected chi connectivity index (χ3v) is 5.19. The average molecular weight is 382 g/mol. The molecule has 0 atom stereocenters. The first-order valence-corrected chi connectivity index (χ1v) is 10.4. The molecule has 0 saturated heterocycles. The molecule has 7 nitrogen and oxygen atoms in total. The van der Waals surface area contributed by atoms with Gasteiger partial charge in [0.2, 0.25) is 0 Å². The molecule has 0 unspecified atom stereocenters. The predicted molar refractivity (Wildman–Crippen MR) is 106 cm³/mol. The molecule has 2 rings (SSSR count). The highest BCUT2D eigenvalue weighted by Crippen LogP contribution is 2.16. The third kappa shape index (κ3) is 8.37. The van der Waals surface area contributed by atoms with Crippen molar-refractivity contribution in [2.45, 2.75) is 25.1 Å². The second kappa shape index (κ2) is 11.1. The Hall–Kier alpha value is -1.58. The van der Waals surface area contributed by atoms with E-state index >= 15 is 0 Å². The number of nitrogens with one attached hydrogen (secondary N) is 4. The molecular weight excluding hydrogens is 354 g/mol. The highest BCUT2D eigenvalue weighted by Gasteiger charge is 2.03. The number of hydrogen-bond donors (Lipinski definition) is 4. The highest BCUT2D eigenvalue weighted by molar-refractivity contribution is 7.98. The fraction of sp³-hybridized carbons (Fsp3) is 0.562. The minimum Gasteiger partial charge on any atom is -0.357 e. The lowest BCUT2D eigenvalue weighted by Gasteiger charge is -2.09. The number of aryl methyl sites for hydroxylation is 1. The summed E-state index contributed by atoms with van der Waals surface area (Å²) in [6, 6.07) is 0. The predicted octanol–water partition coefficient (Wildman–Crippen LogP) is 1.91. The Bertz CT molecular complexity index is 610. The van der Waals surface area contributed by atoms with E-state index in [0.29, 0.717) is 5.96 Å². The van der Waals surface area contributed by atoms with Crippen molar-refractivity contribution in [1.82, 2.24) is 30.5 Å². The van der Waals surface area contributed by atoms with Crippen LogP contribution >= 0.6 is 23.1 Å². The summed E-state index contributed by atoms with van der Waals surface area (Å²) < 4.78 is 0. The summed E-state index contributed by atoms with van der Waals surface area (Å²) in [6.07, 6.45) is 5.48. The molecule has 2 aromatic rings. The number of guanidine groups is 1. The molecule has 0 amide bonds. The van der Waals surface area contributed by atoms with Gasteiger partial charge in [-0.2, -0.15) is 11.8 Å². The first-order chi connectivity index (χ1) is 12.1. The summed E-state index contributed by atoms with van der Waals surface area (Å²) in [5.41, 5.74) is 2.21. The third-order valence-electron chi connectivity index (χ3n) is 3.32. The van der Waals surface area contributed by atoms with E-state index in [1.165, 1.54) is 5.01 Å². The van der Waals surface area contributed by atoms with Gasteiger partial charge in [-0.3, -0.25) is 5.41 Å². The van der Waals surface area contributed by atoms with Crippen LogP contribution in [0.25, 0.3) is 0 Å². The van der Waals surface area contributed by atoms with E-state index in [-0.39, 0.29) is 0 Å². The van der Waals surface area contributed by atoms with Crippen LogP contribution in [0.1, 0.15) is 22.8 Å². The summed E-state index contributed by atoms with van der Waals surface area (Å²) >= 11 is 3.56. The largest absolute Gasteiger partial charge is 0.357 e. The molecule has 0 fully saturated rings. The first kappa shape index (κ1) is 19.7. The van der Waals surface area contributed by atoms with Gasteiger partial charge in [0.25, 0.3) is 0 Å². The Morgan fingerprint density at radius 1 is 1.32 bits per heavy atom. The lowest BCUT2D eigenvalue weighted by molar-refractivity contribution is 0.401. The van der Waals surface area contributed by atoms with Crippen LogP contribution in [0.4, 0.5) is 0 Å². The van der Waals surface area contributed by atoms with Gasteiger partial charge in [-0.05, 0) is 26.9 Å². The SMILES string of the molecule is CN(C)Cc1nc(CSCCNC(=N)NCCCc2c[nH]cn2)cs1. The lowest BCUT2D eigenvalue weighted by atomic mass is 10.2. The van der Waals surface area contributed by atoms with E-state index in [0.717, 1.165) is 55.4 Å². The molecule has 25 heavy (non-hydrogen) atoms. The fourth-order valence-corrected chi connectivity index (χ4v) is 3.92. The van der Waals surface area contributed by atoms with Crippen LogP contribution in [0, 0.1) is 5.41 Å². The Balaban J connectivity index is 1.46. The van der Waals surface area contributed by atoms with E-state index in [1.807, 2.05) is 18.0 Å². The monoisotopic (exact) mass is 381 g/mol. The zero-order valence-electron chi connectivity index (χ0n) is 14.8. The van der Waals surface area contributed by atoms with E-state index < -0.39 is 0 Å². The van der Waals surface area contributed by atoms with Crippen LogP contribution in [0.5, 0.6) is 0 Å². The zero-order valence-corrected chi connectivity index (χ0v) is 16.5. The molecule has 0 radical (unpaired) electrons. The van der Waals surface area contributed by atoms with Gasteiger partial charge in [0, 0.05) is 42.7 Å². The van der Waals surface area contributed by atoms with Gasteiger partial charge in [-0.15, -0.1) is 11.3 Å². The van der Waals surface area contributed by atoms with Crippen molar-refractivity contribution < 1.29 is 0 Å². The molecule has 0 aliphatic rings. The van der Waals surface area contributed by atoms with Crippen LogP contribution in [0.15, 0.2) is 17.9 Å². The number of imidazole rings is 1. The molecule has 0 bridgehead atoms. The molecule has 9 heteroatoms. The molecule has 0 aromatic carbocycles. The Kier molecular flexibility index (Phi) is 8.78. The minimum absolute atomic E-state index is 0.393. The van der Waals surface area contributed by atoms with Gasteiger partial charge in [0.15, 0.2) is 5.96 Å². The van der Waals surface area contributed by atoms with Gasteiger partial charge in [0.05, 0.1) is 17.7 Å². The standard InChI is InChI=1S/C16H27N7S2/c1-23(2)9-15-22-14(11-25-15)10-24-7-6-20-16(17)19-5-3-4-13-8-18-12-21-13/h8,11-12H,3-7,9-10H2,1-2H3,(H,18,21)(H3,17,19,20). The fourth-order valence-electron chi connectivity index (χ4n) is 2.16. The van der Waals surface area contributed by atoms with Gasteiger partial charge >= 0.3 is 0 Å². The lowest BCUT2D eigenvalue weighted by Crippen LogP contribution is -2.38. The number of thiazole rings is 1. The Morgan fingerprint density at radius 2 is 2.16 bits per heavy atom. The Labute approximate surface area is 157 Å². The van der Waals surface area contributed by atoms with Gasteiger partial charge < -0.3 is 20.5 Å². The van der Waals surface area contributed by atoms with Crippen molar-refractivity contribution in [3.05, 3.63) is 34.3 Å². The van der Waals surface area contributed by atoms with Crippen molar-refractivity contribution in [2.24, 2.45) is 0 Å². The maximum Gasteiger partial charge on any atom is 0.188 e. The molecular formula is C16H27N7S2. The van der Waals surface area contributed by atoms with Crippen molar-refractivity contribution in [1.29, 1.82) is 5.41 Å². The zero-order chi connectivity index (χ0) is 17.9. The van der Waals surface area contributed by atoms with Crippen molar-refractivity contribution in [3.8, 4) is 0 Å². The Morgan fingerprint density at radius 3 is 2.92 bits per heavy atom. The van der Waals surface area contributed by atoms with Gasteiger partial charge in [-0.25, -0.2) is 9.97 Å². The highest BCUT2D eigenvalue weighted by atomic mass is 32.2. The average Bonchev–Trinajstić information content (AvgIpc) is 3.23. The first-order valence-electron chi connectivity index (χ1n) is 8.33. The summed E-state index contributed by atoms with van der Waals surface area (Å²) in [5.74, 6) is 2.28. The number of aromatic amines is 1. The number of hydrogen-bond acceptors (Lipinski definition) is 6. The summed E-state index contributed by atoms with van der Waals surface area (Å²) in [6.45, 7) is 2.46.